The van der Waals surface area contributed by atoms with Crippen LogP contribution < -0.4 is 0 Å². The van der Waals surface area contributed by atoms with E-state index in [4.69, 9.17) is 0 Å². The average molecular weight is 295 g/mol. The summed E-state index contributed by atoms with van der Waals surface area (Å²) in [6, 6.07) is -0.232. The van der Waals surface area contributed by atoms with Crippen LogP contribution >= 0.6 is 0 Å². The molecule has 0 aromatic heterocycles. The molecule has 0 amide bonds. The molecule has 0 radical (unpaired) electrons. The van der Waals surface area contributed by atoms with E-state index in [9.17, 15) is 9.90 Å². The molecule has 1 aliphatic carbocycles. The molecule has 0 spiro atoms. The molecule has 1 unspecified atom stereocenters. The molecule has 0 aromatic carbocycles. The molecular weight excluding hydrogens is 262 g/mol. The summed E-state index contributed by atoms with van der Waals surface area (Å²) in [6.45, 7) is 8.93. The van der Waals surface area contributed by atoms with Crippen LogP contribution in [0.4, 0.5) is 0 Å². The minimum Gasteiger partial charge on any atom is -0.480 e. The minimum absolute atomic E-state index is 0.232. The van der Waals surface area contributed by atoms with Crippen LogP contribution in [0.25, 0.3) is 0 Å². The van der Waals surface area contributed by atoms with Gasteiger partial charge in [-0.05, 0) is 68.9 Å². The Labute approximate surface area is 130 Å². The largest absolute Gasteiger partial charge is 0.480 e. The number of rotatable bonds is 3. The lowest BCUT2D eigenvalue weighted by Crippen LogP contribution is -2.48. The Bertz CT molecular complexity index is 332. The van der Waals surface area contributed by atoms with Gasteiger partial charge in [0.2, 0.25) is 0 Å². The first-order chi connectivity index (χ1) is 9.89. The number of nitrogens with zero attached hydrogens (tertiary/aromatic N) is 1. The van der Waals surface area contributed by atoms with Crippen LogP contribution in [0.15, 0.2) is 0 Å². The fraction of sp³-hybridized carbons (Fsp3) is 0.944. The normalized spacial score (nSPS) is 30.6. The molecule has 0 aromatic rings. The van der Waals surface area contributed by atoms with Crippen LogP contribution in [-0.4, -0.2) is 35.1 Å². The quantitative estimate of drug-likeness (QED) is 0.849. The zero-order valence-corrected chi connectivity index (χ0v) is 14.1. The van der Waals surface area contributed by atoms with E-state index in [0.29, 0.717) is 11.3 Å². The van der Waals surface area contributed by atoms with Gasteiger partial charge in [0, 0.05) is 0 Å². The lowest BCUT2D eigenvalue weighted by Gasteiger charge is -2.41. The molecule has 1 N–H and O–H groups in total. The first kappa shape index (κ1) is 16.8. The number of hydrogen-bond donors (Lipinski definition) is 1. The highest BCUT2D eigenvalue weighted by Crippen LogP contribution is 2.41. The van der Waals surface area contributed by atoms with Gasteiger partial charge in [-0.1, -0.05) is 33.6 Å². The molecule has 2 rings (SSSR count). The van der Waals surface area contributed by atoms with Gasteiger partial charge in [-0.25, -0.2) is 0 Å². The summed E-state index contributed by atoms with van der Waals surface area (Å²) in [5, 5.41) is 9.75. The molecule has 1 saturated carbocycles. The van der Waals surface area contributed by atoms with Crippen molar-refractivity contribution in [3.8, 4) is 0 Å². The van der Waals surface area contributed by atoms with Gasteiger partial charge < -0.3 is 5.11 Å². The molecule has 3 heteroatoms. The summed E-state index contributed by atoms with van der Waals surface area (Å²) in [7, 11) is 0. The van der Waals surface area contributed by atoms with Crippen molar-refractivity contribution in [2.45, 2.75) is 78.2 Å². The lowest BCUT2D eigenvalue weighted by molar-refractivity contribution is -0.146. The van der Waals surface area contributed by atoms with E-state index in [2.05, 4.69) is 25.7 Å². The minimum atomic E-state index is -0.587. The maximum atomic E-state index is 11.8. The first-order valence-corrected chi connectivity index (χ1v) is 8.86. The SMILES string of the molecule is CC(C)(C)C1CCC(C(C(=O)O)N2CCCCCC2)CC1. The molecule has 2 aliphatic rings. The van der Waals surface area contributed by atoms with Gasteiger partial charge in [-0.3, -0.25) is 9.69 Å². The van der Waals surface area contributed by atoms with E-state index in [1.54, 1.807) is 0 Å². The molecular formula is C18H33NO2. The Morgan fingerprint density at radius 2 is 1.52 bits per heavy atom. The topological polar surface area (TPSA) is 40.5 Å². The van der Waals surface area contributed by atoms with Crippen molar-refractivity contribution in [3.63, 3.8) is 0 Å². The van der Waals surface area contributed by atoms with Crippen LogP contribution in [0.5, 0.6) is 0 Å². The number of hydrogen-bond acceptors (Lipinski definition) is 2. The van der Waals surface area contributed by atoms with Crippen molar-refractivity contribution in [1.82, 2.24) is 4.90 Å². The van der Waals surface area contributed by atoms with Crippen molar-refractivity contribution in [2.75, 3.05) is 13.1 Å². The lowest BCUT2D eigenvalue weighted by atomic mass is 9.68. The third-order valence-electron chi connectivity index (χ3n) is 5.73. The molecule has 0 bridgehead atoms. The van der Waals surface area contributed by atoms with E-state index in [-0.39, 0.29) is 6.04 Å². The number of carboxylic acid groups (broad SMARTS) is 1. The van der Waals surface area contributed by atoms with Gasteiger partial charge in [-0.15, -0.1) is 0 Å². The molecule has 1 atom stereocenters. The zero-order chi connectivity index (χ0) is 15.5. The van der Waals surface area contributed by atoms with Gasteiger partial charge in [-0.2, -0.15) is 0 Å². The number of likely N-dealkylation sites (tertiary alicyclic amines) is 1. The highest BCUT2D eigenvalue weighted by molar-refractivity contribution is 5.74. The van der Waals surface area contributed by atoms with E-state index in [1.165, 1.54) is 38.5 Å². The molecule has 1 aliphatic heterocycles. The molecule has 2 fully saturated rings. The van der Waals surface area contributed by atoms with E-state index >= 15 is 0 Å². The summed E-state index contributed by atoms with van der Waals surface area (Å²) < 4.78 is 0. The van der Waals surface area contributed by atoms with Crippen LogP contribution in [0, 0.1) is 17.3 Å². The second kappa shape index (κ2) is 7.13. The zero-order valence-electron chi connectivity index (χ0n) is 14.1. The predicted molar refractivity (Wildman–Crippen MR) is 86.4 cm³/mol. The summed E-state index contributed by atoms with van der Waals surface area (Å²) in [5.41, 5.74) is 0.367. The van der Waals surface area contributed by atoms with Crippen LogP contribution in [0.3, 0.4) is 0 Å². The van der Waals surface area contributed by atoms with E-state index in [1.807, 2.05) is 0 Å². The smallest absolute Gasteiger partial charge is 0.321 e. The third-order valence-corrected chi connectivity index (χ3v) is 5.73. The Balaban J connectivity index is 1.98. The van der Waals surface area contributed by atoms with Crippen molar-refractivity contribution in [1.29, 1.82) is 0 Å². The fourth-order valence-corrected chi connectivity index (χ4v) is 4.33. The Morgan fingerprint density at radius 3 is 1.95 bits per heavy atom. The summed E-state index contributed by atoms with van der Waals surface area (Å²) in [6.07, 6.45) is 9.45. The van der Waals surface area contributed by atoms with Gasteiger partial charge >= 0.3 is 5.97 Å². The molecule has 122 valence electrons. The Morgan fingerprint density at radius 1 is 1.00 bits per heavy atom. The van der Waals surface area contributed by atoms with Crippen molar-refractivity contribution in [2.24, 2.45) is 17.3 Å². The number of carbonyl (C=O) groups is 1. The van der Waals surface area contributed by atoms with Crippen LogP contribution in [0.2, 0.25) is 0 Å². The number of carboxylic acids is 1. The average Bonchev–Trinajstić information content (AvgIpc) is 2.67. The third kappa shape index (κ3) is 4.45. The van der Waals surface area contributed by atoms with Crippen molar-refractivity contribution in [3.05, 3.63) is 0 Å². The summed E-state index contributed by atoms with van der Waals surface area (Å²) in [5.74, 6) is 0.530. The highest BCUT2D eigenvalue weighted by Gasteiger charge is 2.38. The molecule has 21 heavy (non-hydrogen) atoms. The second-order valence-electron chi connectivity index (χ2n) is 8.21. The molecule has 3 nitrogen and oxygen atoms in total. The molecule has 1 heterocycles. The van der Waals surface area contributed by atoms with Crippen molar-refractivity contribution < 1.29 is 9.90 Å². The van der Waals surface area contributed by atoms with Crippen molar-refractivity contribution >= 4 is 5.97 Å². The van der Waals surface area contributed by atoms with Gasteiger partial charge in [0.1, 0.15) is 6.04 Å². The van der Waals surface area contributed by atoms with E-state index < -0.39 is 5.97 Å². The van der Waals surface area contributed by atoms with Gasteiger partial charge in [0.05, 0.1) is 0 Å². The van der Waals surface area contributed by atoms with E-state index in [0.717, 1.165) is 31.8 Å². The van der Waals surface area contributed by atoms with Gasteiger partial charge in [0.15, 0.2) is 0 Å². The maximum Gasteiger partial charge on any atom is 0.321 e. The van der Waals surface area contributed by atoms with Crippen LogP contribution in [0.1, 0.15) is 72.1 Å². The monoisotopic (exact) mass is 295 g/mol. The summed E-state index contributed by atoms with van der Waals surface area (Å²) in [4.78, 5) is 14.1. The maximum absolute atomic E-state index is 11.8. The predicted octanol–water partition coefficient (Wildman–Crippen LogP) is 4.17. The number of aliphatic carboxylic acids is 1. The van der Waals surface area contributed by atoms with Crippen LogP contribution in [-0.2, 0) is 4.79 Å². The Hall–Kier alpha value is -0.570. The Kier molecular flexibility index (Phi) is 5.70. The second-order valence-corrected chi connectivity index (χ2v) is 8.21. The highest BCUT2D eigenvalue weighted by atomic mass is 16.4. The fourth-order valence-electron chi connectivity index (χ4n) is 4.33. The standard InChI is InChI=1S/C18H33NO2/c1-18(2,3)15-10-8-14(9-11-15)16(17(20)21)19-12-6-4-5-7-13-19/h14-16H,4-13H2,1-3H3,(H,20,21). The summed E-state index contributed by atoms with van der Waals surface area (Å²) >= 11 is 0. The van der Waals surface area contributed by atoms with Gasteiger partial charge in [0.25, 0.3) is 0 Å². The molecule has 1 saturated heterocycles. The first-order valence-electron chi connectivity index (χ1n) is 8.86.